The summed E-state index contributed by atoms with van der Waals surface area (Å²) in [7, 11) is -4.56. The molecular formula is C7H16O6S. The maximum absolute atomic E-state index is 9.73. The first-order valence-corrected chi connectivity index (χ1v) is 5.27. The van der Waals surface area contributed by atoms with Crippen molar-refractivity contribution in [3.63, 3.8) is 0 Å². The van der Waals surface area contributed by atoms with Gasteiger partial charge in [0.2, 0.25) is 0 Å². The standard InChI is InChI=1S/C4H10O.C3H6O5S/c1-3-5-4-2;1-2-3(4)8-9(5,6)7/h3-4H2,1-2H3;2-4H,1H2,(H,5,6,7). The summed E-state index contributed by atoms with van der Waals surface area (Å²) in [4.78, 5) is 0. The Morgan fingerprint density at radius 3 is 1.93 bits per heavy atom. The van der Waals surface area contributed by atoms with Crippen LogP contribution in [0.5, 0.6) is 0 Å². The van der Waals surface area contributed by atoms with Gasteiger partial charge in [-0.25, -0.2) is 4.18 Å². The Kier molecular flexibility index (Phi) is 10.4. The van der Waals surface area contributed by atoms with E-state index < -0.39 is 16.7 Å². The molecule has 0 aromatic carbocycles. The molecule has 0 amide bonds. The van der Waals surface area contributed by atoms with Crippen molar-refractivity contribution >= 4 is 10.4 Å². The summed E-state index contributed by atoms with van der Waals surface area (Å²) in [6, 6.07) is 0. The van der Waals surface area contributed by atoms with Crippen LogP contribution in [0.3, 0.4) is 0 Å². The molecule has 0 aliphatic heterocycles. The van der Waals surface area contributed by atoms with E-state index in [-0.39, 0.29) is 0 Å². The Morgan fingerprint density at radius 1 is 1.43 bits per heavy atom. The third kappa shape index (κ3) is 17.6. The van der Waals surface area contributed by atoms with E-state index >= 15 is 0 Å². The number of ether oxygens (including phenoxy) is 1. The molecule has 0 heterocycles. The van der Waals surface area contributed by atoms with Crippen molar-refractivity contribution in [1.29, 1.82) is 0 Å². The lowest BCUT2D eigenvalue weighted by molar-refractivity contribution is 0.0216. The van der Waals surface area contributed by atoms with Gasteiger partial charge in [-0.05, 0) is 19.9 Å². The van der Waals surface area contributed by atoms with Crippen molar-refractivity contribution in [2.45, 2.75) is 20.1 Å². The van der Waals surface area contributed by atoms with E-state index in [0.717, 1.165) is 19.3 Å². The quantitative estimate of drug-likeness (QED) is 0.401. The van der Waals surface area contributed by atoms with Crippen molar-refractivity contribution in [3.05, 3.63) is 12.7 Å². The molecule has 0 radical (unpaired) electrons. The lowest BCUT2D eigenvalue weighted by Gasteiger charge is -2.00. The van der Waals surface area contributed by atoms with Crippen LogP contribution in [0.1, 0.15) is 13.8 Å². The molecule has 0 saturated carbocycles. The number of aliphatic hydroxyl groups excluding tert-OH is 1. The van der Waals surface area contributed by atoms with E-state index in [1.807, 2.05) is 13.8 Å². The second kappa shape index (κ2) is 9.10. The van der Waals surface area contributed by atoms with Crippen LogP contribution in [-0.4, -0.2) is 37.6 Å². The zero-order valence-corrected chi connectivity index (χ0v) is 9.03. The van der Waals surface area contributed by atoms with Crippen molar-refractivity contribution in [1.82, 2.24) is 0 Å². The van der Waals surface area contributed by atoms with Gasteiger partial charge in [-0.2, -0.15) is 8.42 Å². The minimum atomic E-state index is -4.56. The Labute approximate surface area is 84.1 Å². The molecule has 0 bridgehead atoms. The third-order valence-corrected chi connectivity index (χ3v) is 1.27. The molecule has 0 aromatic rings. The number of hydrogen-bond donors (Lipinski definition) is 2. The number of aliphatic hydroxyl groups is 1. The molecule has 0 rings (SSSR count). The average molecular weight is 228 g/mol. The topological polar surface area (TPSA) is 93.1 Å². The highest BCUT2D eigenvalue weighted by Crippen LogP contribution is 1.92. The first kappa shape index (κ1) is 16.0. The highest BCUT2D eigenvalue weighted by atomic mass is 32.3. The van der Waals surface area contributed by atoms with Crippen molar-refractivity contribution in [3.8, 4) is 0 Å². The van der Waals surface area contributed by atoms with Gasteiger partial charge >= 0.3 is 10.4 Å². The molecule has 0 spiro atoms. The Bertz CT molecular complexity index is 220. The van der Waals surface area contributed by atoms with Gasteiger partial charge in [0.05, 0.1) is 0 Å². The van der Waals surface area contributed by atoms with Gasteiger partial charge in [0.25, 0.3) is 0 Å². The predicted molar refractivity (Wildman–Crippen MR) is 51.0 cm³/mol. The normalized spacial score (nSPS) is 12.6. The van der Waals surface area contributed by atoms with E-state index in [1.54, 1.807) is 0 Å². The fourth-order valence-corrected chi connectivity index (χ4v) is 0.696. The Hall–Kier alpha value is -0.470. The largest absolute Gasteiger partial charge is 0.400 e. The van der Waals surface area contributed by atoms with Crippen molar-refractivity contribution in [2.24, 2.45) is 0 Å². The van der Waals surface area contributed by atoms with E-state index in [0.29, 0.717) is 0 Å². The smallest absolute Gasteiger partial charge is 0.382 e. The Morgan fingerprint density at radius 2 is 1.86 bits per heavy atom. The number of rotatable bonds is 5. The molecule has 1 atom stereocenters. The molecule has 6 nitrogen and oxygen atoms in total. The highest BCUT2D eigenvalue weighted by molar-refractivity contribution is 7.80. The van der Waals surface area contributed by atoms with Gasteiger partial charge in [0, 0.05) is 13.2 Å². The molecule has 86 valence electrons. The van der Waals surface area contributed by atoms with Crippen LogP contribution in [0.4, 0.5) is 0 Å². The number of hydrogen-bond acceptors (Lipinski definition) is 5. The zero-order chi connectivity index (χ0) is 11.6. The van der Waals surface area contributed by atoms with Gasteiger partial charge in [-0.1, -0.05) is 6.58 Å². The van der Waals surface area contributed by atoms with Crippen LogP contribution < -0.4 is 0 Å². The van der Waals surface area contributed by atoms with E-state index in [9.17, 15) is 8.42 Å². The first-order valence-electron chi connectivity index (χ1n) is 3.91. The lowest BCUT2D eigenvalue weighted by atomic mass is 10.6. The van der Waals surface area contributed by atoms with E-state index in [1.165, 1.54) is 0 Å². The summed E-state index contributed by atoms with van der Waals surface area (Å²) >= 11 is 0. The second-order valence-corrected chi connectivity index (χ2v) is 2.98. The average Bonchev–Trinajstić information content (AvgIpc) is 2.04. The van der Waals surface area contributed by atoms with Gasteiger partial charge in [-0.15, -0.1) is 0 Å². The molecule has 0 aromatic heterocycles. The minimum absolute atomic E-state index is 0.813. The maximum Gasteiger partial charge on any atom is 0.400 e. The zero-order valence-electron chi connectivity index (χ0n) is 8.21. The summed E-state index contributed by atoms with van der Waals surface area (Å²) in [5, 5.41) is 8.31. The molecule has 0 aliphatic carbocycles. The second-order valence-electron chi connectivity index (χ2n) is 1.93. The van der Waals surface area contributed by atoms with Gasteiger partial charge in [0.15, 0.2) is 6.29 Å². The fourth-order valence-electron chi connectivity index (χ4n) is 0.368. The van der Waals surface area contributed by atoms with E-state index in [4.69, 9.17) is 14.4 Å². The van der Waals surface area contributed by atoms with Crippen LogP contribution in [0.25, 0.3) is 0 Å². The van der Waals surface area contributed by atoms with Gasteiger partial charge in [-0.3, -0.25) is 4.55 Å². The predicted octanol–water partition coefficient (Wildman–Crippen LogP) is 0.353. The van der Waals surface area contributed by atoms with Crippen LogP contribution in [0.15, 0.2) is 12.7 Å². The van der Waals surface area contributed by atoms with Crippen LogP contribution in [0, 0.1) is 0 Å². The summed E-state index contributed by atoms with van der Waals surface area (Å²) in [5.41, 5.74) is 0. The summed E-state index contributed by atoms with van der Waals surface area (Å²) in [6.45, 7) is 8.66. The van der Waals surface area contributed by atoms with Crippen LogP contribution >= 0.6 is 0 Å². The molecule has 0 aliphatic rings. The maximum atomic E-state index is 9.73. The summed E-state index contributed by atoms with van der Waals surface area (Å²) in [6.07, 6.45) is -0.867. The summed E-state index contributed by atoms with van der Waals surface area (Å²) in [5.74, 6) is 0. The molecule has 0 saturated heterocycles. The van der Waals surface area contributed by atoms with Gasteiger partial charge < -0.3 is 9.84 Å². The Balaban J connectivity index is 0. The molecule has 2 N–H and O–H groups in total. The monoisotopic (exact) mass is 228 g/mol. The SMILES string of the molecule is C=CC(O)OS(=O)(=O)O.CCOCC. The molecule has 7 heteroatoms. The van der Waals surface area contributed by atoms with Crippen LogP contribution in [0.2, 0.25) is 0 Å². The molecular weight excluding hydrogens is 212 g/mol. The highest BCUT2D eigenvalue weighted by Gasteiger charge is 2.08. The van der Waals surface area contributed by atoms with Crippen molar-refractivity contribution < 1.29 is 27.0 Å². The first-order chi connectivity index (χ1) is 6.37. The molecule has 1 unspecified atom stereocenters. The minimum Gasteiger partial charge on any atom is -0.382 e. The lowest BCUT2D eigenvalue weighted by Crippen LogP contribution is -2.13. The summed E-state index contributed by atoms with van der Waals surface area (Å²) < 4.78 is 35.7. The van der Waals surface area contributed by atoms with E-state index in [2.05, 4.69) is 10.8 Å². The fraction of sp³-hybridized carbons (Fsp3) is 0.714. The molecule has 0 fully saturated rings. The third-order valence-electron chi connectivity index (χ3n) is 0.830. The van der Waals surface area contributed by atoms with Gasteiger partial charge in [0.1, 0.15) is 0 Å². The molecule has 14 heavy (non-hydrogen) atoms. The van der Waals surface area contributed by atoms with Crippen molar-refractivity contribution in [2.75, 3.05) is 13.2 Å². The van der Waals surface area contributed by atoms with Crippen LogP contribution in [-0.2, 0) is 19.3 Å².